The van der Waals surface area contributed by atoms with Crippen LogP contribution >= 0.6 is 11.6 Å². The van der Waals surface area contributed by atoms with Crippen LogP contribution in [0.1, 0.15) is 11.1 Å². The summed E-state index contributed by atoms with van der Waals surface area (Å²) in [6, 6.07) is 16.5. The fraction of sp³-hybridized carbons (Fsp3) is 0.296. The number of rotatable bonds is 8. The minimum absolute atomic E-state index is 0.727. The Balaban J connectivity index is 1.20. The molecule has 0 saturated carbocycles. The molecule has 0 aliphatic carbocycles. The number of benzene rings is 1. The minimum atomic E-state index is 0.727. The zero-order valence-corrected chi connectivity index (χ0v) is 20.0. The molecule has 5 rings (SSSR count). The SMILES string of the molecule is Clc1ccc2c(N3CCN(CCN(Cc4ccncc4)Cc4ccncc4)CC3)ccnc2c1. The van der Waals surface area contributed by atoms with E-state index in [0.717, 1.165) is 62.9 Å². The third kappa shape index (κ3) is 5.70. The summed E-state index contributed by atoms with van der Waals surface area (Å²) in [6.45, 7) is 8.02. The van der Waals surface area contributed by atoms with Crippen LogP contribution < -0.4 is 4.90 Å². The van der Waals surface area contributed by atoms with E-state index in [2.05, 4.69) is 66.0 Å². The van der Waals surface area contributed by atoms with Gasteiger partial charge in [-0.2, -0.15) is 0 Å². The summed E-state index contributed by atoms with van der Waals surface area (Å²) in [5.41, 5.74) is 4.78. The summed E-state index contributed by atoms with van der Waals surface area (Å²) < 4.78 is 0. The molecule has 1 fully saturated rings. The van der Waals surface area contributed by atoms with Crippen molar-refractivity contribution in [2.45, 2.75) is 13.1 Å². The molecular weight excluding hydrogens is 444 g/mol. The van der Waals surface area contributed by atoms with Gasteiger partial charge < -0.3 is 4.90 Å². The Morgan fingerprint density at radius 3 is 2.06 bits per heavy atom. The van der Waals surface area contributed by atoms with Crippen molar-refractivity contribution in [3.8, 4) is 0 Å². The molecule has 0 amide bonds. The number of halogens is 1. The van der Waals surface area contributed by atoms with Crippen molar-refractivity contribution in [2.75, 3.05) is 44.2 Å². The molecule has 0 spiro atoms. The van der Waals surface area contributed by atoms with E-state index >= 15 is 0 Å². The molecule has 0 atom stereocenters. The fourth-order valence-electron chi connectivity index (χ4n) is 4.58. The van der Waals surface area contributed by atoms with Gasteiger partial charge in [0.05, 0.1) is 5.52 Å². The molecule has 174 valence electrons. The highest BCUT2D eigenvalue weighted by Crippen LogP contribution is 2.28. The van der Waals surface area contributed by atoms with Crippen LogP contribution in [0.15, 0.2) is 79.5 Å². The van der Waals surface area contributed by atoms with Crippen LogP contribution in [0, 0.1) is 0 Å². The summed E-state index contributed by atoms with van der Waals surface area (Å²) >= 11 is 6.17. The van der Waals surface area contributed by atoms with Gasteiger partial charge in [0.15, 0.2) is 0 Å². The number of nitrogens with zero attached hydrogens (tertiary/aromatic N) is 6. The molecule has 4 heterocycles. The van der Waals surface area contributed by atoms with Gasteiger partial charge in [-0.25, -0.2) is 0 Å². The van der Waals surface area contributed by atoms with Crippen molar-refractivity contribution >= 4 is 28.2 Å². The van der Waals surface area contributed by atoms with Crippen LogP contribution in [0.25, 0.3) is 10.9 Å². The van der Waals surface area contributed by atoms with Crippen molar-refractivity contribution in [1.82, 2.24) is 24.8 Å². The normalized spacial score (nSPS) is 14.7. The summed E-state index contributed by atoms with van der Waals surface area (Å²) in [4.78, 5) is 20.4. The standard InChI is InChI=1S/C27H29ClN6/c28-24-1-2-25-26(19-24)31-12-7-27(25)34-17-15-32(16-18-34)13-14-33(20-22-3-8-29-9-4-22)21-23-5-10-30-11-6-23/h1-12,19H,13-18,20-21H2. The minimum Gasteiger partial charge on any atom is -0.368 e. The van der Waals surface area contributed by atoms with Gasteiger partial charge in [-0.1, -0.05) is 11.6 Å². The monoisotopic (exact) mass is 472 g/mol. The summed E-state index contributed by atoms with van der Waals surface area (Å²) in [5, 5.41) is 1.89. The Morgan fingerprint density at radius 2 is 1.41 bits per heavy atom. The van der Waals surface area contributed by atoms with Crippen molar-refractivity contribution in [3.63, 3.8) is 0 Å². The molecule has 1 aliphatic heterocycles. The Kier molecular flexibility index (Phi) is 7.29. The number of hydrogen-bond donors (Lipinski definition) is 0. The highest BCUT2D eigenvalue weighted by Gasteiger charge is 2.20. The van der Waals surface area contributed by atoms with Crippen LogP contribution in [0.4, 0.5) is 5.69 Å². The van der Waals surface area contributed by atoms with Crippen molar-refractivity contribution in [3.05, 3.63) is 95.7 Å². The van der Waals surface area contributed by atoms with Gasteiger partial charge >= 0.3 is 0 Å². The van der Waals surface area contributed by atoms with Crippen LogP contribution in [-0.4, -0.2) is 64.0 Å². The smallest absolute Gasteiger partial charge is 0.0737 e. The maximum atomic E-state index is 6.17. The number of hydrogen-bond acceptors (Lipinski definition) is 6. The summed E-state index contributed by atoms with van der Waals surface area (Å²) in [7, 11) is 0. The highest BCUT2D eigenvalue weighted by atomic mass is 35.5. The molecule has 34 heavy (non-hydrogen) atoms. The van der Waals surface area contributed by atoms with Gasteiger partial charge in [0.2, 0.25) is 0 Å². The predicted octanol–water partition coefficient (Wildman–Crippen LogP) is 4.50. The molecule has 0 bridgehead atoms. The zero-order valence-electron chi connectivity index (χ0n) is 19.2. The van der Waals surface area contributed by atoms with Gasteiger partial charge in [0, 0.05) is 99.4 Å². The fourth-order valence-corrected chi connectivity index (χ4v) is 4.75. The summed E-state index contributed by atoms with van der Waals surface area (Å²) in [6.07, 6.45) is 9.37. The Hall–Kier alpha value is -3.06. The average molecular weight is 473 g/mol. The number of aromatic nitrogens is 3. The molecular formula is C27H29ClN6. The Bertz CT molecular complexity index is 1150. The van der Waals surface area contributed by atoms with Crippen molar-refractivity contribution in [2.24, 2.45) is 0 Å². The van der Waals surface area contributed by atoms with Crippen molar-refractivity contribution < 1.29 is 0 Å². The molecule has 0 unspecified atom stereocenters. The molecule has 6 nitrogen and oxygen atoms in total. The first-order chi connectivity index (χ1) is 16.7. The lowest BCUT2D eigenvalue weighted by Crippen LogP contribution is -2.48. The molecule has 0 N–H and O–H groups in total. The average Bonchev–Trinajstić information content (AvgIpc) is 2.88. The lowest BCUT2D eigenvalue weighted by molar-refractivity contribution is 0.186. The van der Waals surface area contributed by atoms with Crippen LogP contribution in [0.5, 0.6) is 0 Å². The highest BCUT2D eigenvalue weighted by molar-refractivity contribution is 6.31. The van der Waals surface area contributed by atoms with Gasteiger partial charge in [0.1, 0.15) is 0 Å². The second-order valence-electron chi connectivity index (χ2n) is 8.74. The van der Waals surface area contributed by atoms with Gasteiger partial charge in [-0.3, -0.25) is 24.8 Å². The van der Waals surface area contributed by atoms with E-state index in [4.69, 9.17) is 11.6 Å². The second-order valence-corrected chi connectivity index (χ2v) is 9.18. The maximum Gasteiger partial charge on any atom is 0.0737 e. The number of piperazine rings is 1. The number of anilines is 1. The molecule has 3 aromatic heterocycles. The first-order valence-electron chi connectivity index (χ1n) is 11.8. The molecule has 1 aromatic carbocycles. The van der Waals surface area contributed by atoms with Crippen molar-refractivity contribution in [1.29, 1.82) is 0 Å². The van der Waals surface area contributed by atoms with E-state index < -0.39 is 0 Å². The third-order valence-electron chi connectivity index (χ3n) is 6.44. The Labute approximate surface area is 205 Å². The van der Waals surface area contributed by atoms with E-state index in [1.807, 2.05) is 43.1 Å². The second kappa shape index (κ2) is 10.9. The first-order valence-corrected chi connectivity index (χ1v) is 12.1. The molecule has 0 radical (unpaired) electrons. The molecule has 7 heteroatoms. The summed E-state index contributed by atoms with van der Waals surface area (Å²) in [5.74, 6) is 0. The number of pyridine rings is 3. The van der Waals surface area contributed by atoms with Gasteiger partial charge in [-0.15, -0.1) is 0 Å². The quantitative estimate of drug-likeness (QED) is 0.376. The van der Waals surface area contributed by atoms with Crippen LogP contribution in [-0.2, 0) is 13.1 Å². The van der Waals surface area contributed by atoms with E-state index in [-0.39, 0.29) is 0 Å². The zero-order chi connectivity index (χ0) is 23.2. The molecule has 1 saturated heterocycles. The van der Waals surface area contributed by atoms with Crippen LogP contribution in [0.3, 0.4) is 0 Å². The maximum absolute atomic E-state index is 6.17. The van der Waals surface area contributed by atoms with Gasteiger partial charge in [0.25, 0.3) is 0 Å². The predicted molar refractivity (Wildman–Crippen MR) is 138 cm³/mol. The van der Waals surface area contributed by atoms with E-state index in [9.17, 15) is 0 Å². The van der Waals surface area contributed by atoms with E-state index in [1.54, 1.807) is 0 Å². The lowest BCUT2D eigenvalue weighted by Gasteiger charge is -2.37. The van der Waals surface area contributed by atoms with E-state index in [0.29, 0.717) is 0 Å². The number of fused-ring (bicyclic) bond motifs is 1. The van der Waals surface area contributed by atoms with Gasteiger partial charge in [-0.05, 0) is 59.7 Å². The van der Waals surface area contributed by atoms with E-state index in [1.165, 1.54) is 22.2 Å². The molecule has 4 aromatic rings. The van der Waals surface area contributed by atoms with Crippen LogP contribution in [0.2, 0.25) is 5.02 Å². The Morgan fingerprint density at radius 1 is 0.765 bits per heavy atom. The largest absolute Gasteiger partial charge is 0.368 e. The molecule has 1 aliphatic rings. The lowest BCUT2D eigenvalue weighted by atomic mass is 10.1. The first kappa shape index (κ1) is 22.7. The third-order valence-corrected chi connectivity index (χ3v) is 6.67. The topological polar surface area (TPSA) is 48.4 Å².